The number of rotatable bonds is 1. The number of halogens is 1. The van der Waals surface area contributed by atoms with Crippen LogP contribution in [0.15, 0.2) is 22.7 Å². The number of carbonyl (C=O) groups excluding carboxylic acids is 1. The third-order valence-electron chi connectivity index (χ3n) is 2.36. The van der Waals surface area contributed by atoms with E-state index in [4.69, 9.17) is 4.74 Å². The molecule has 0 radical (unpaired) electrons. The number of ether oxygens (including phenoxy) is 1. The highest BCUT2D eigenvalue weighted by Gasteiger charge is 2.25. The quantitative estimate of drug-likeness (QED) is 0.838. The first-order valence-electron chi connectivity index (χ1n) is 4.37. The Kier molecular flexibility index (Phi) is 2.46. The lowest BCUT2D eigenvalue weighted by Gasteiger charge is -2.11. The maximum atomic E-state index is 10.9. The summed E-state index contributed by atoms with van der Waals surface area (Å²) in [5, 5.41) is 2.76. The smallest absolute Gasteiger partial charge is 0.407 e. The van der Waals surface area contributed by atoms with Gasteiger partial charge in [0, 0.05) is 4.47 Å². The Balaban J connectivity index is 2.32. The second kappa shape index (κ2) is 3.61. The lowest BCUT2D eigenvalue weighted by molar-refractivity contribution is 0.177. The normalized spacial score (nSPS) is 20.4. The van der Waals surface area contributed by atoms with Crippen LogP contribution >= 0.6 is 15.9 Å². The topological polar surface area (TPSA) is 38.3 Å². The Hall–Kier alpha value is -1.03. The van der Waals surface area contributed by atoms with Crippen LogP contribution in [0, 0.1) is 6.92 Å². The molecule has 74 valence electrons. The molecule has 0 aromatic heterocycles. The molecule has 0 aliphatic carbocycles. The van der Waals surface area contributed by atoms with Crippen molar-refractivity contribution >= 4 is 22.0 Å². The second-order valence-electron chi connectivity index (χ2n) is 3.25. The summed E-state index contributed by atoms with van der Waals surface area (Å²) >= 11 is 3.45. The molecule has 4 heteroatoms. The Bertz CT molecular complexity index is 378. The monoisotopic (exact) mass is 255 g/mol. The minimum Gasteiger partial charge on any atom is -0.447 e. The molecule has 1 aliphatic rings. The molecule has 1 aromatic carbocycles. The van der Waals surface area contributed by atoms with Crippen LogP contribution < -0.4 is 5.32 Å². The zero-order chi connectivity index (χ0) is 10.1. The van der Waals surface area contributed by atoms with E-state index in [1.165, 1.54) is 0 Å². The number of benzene rings is 1. The first-order valence-corrected chi connectivity index (χ1v) is 5.16. The van der Waals surface area contributed by atoms with Crippen molar-refractivity contribution < 1.29 is 9.53 Å². The van der Waals surface area contributed by atoms with E-state index < -0.39 is 0 Å². The molecule has 1 fully saturated rings. The molecule has 14 heavy (non-hydrogen) atoms. The Morgan fingerprint density at radius 3 is 3.00 bits per heavy atom. The van der Waals surface area contributed by atoms with E-state index in [1.807, 2.05) is 25.1 Å². The Labute approximate surface area is 90.6 Å². The maximum Gasteiger partial charge on any atom is 0.407 e. The highest BCUT2D eigenvalue weighted by Crippen LogP contribution is 2.26. The molecule has 0 saturated carbocycles. The van der Waals surface area contributed by atoms with Gasteiger partial charge in [-0.1, -0.05) is 28.1 Å². The molecule has 1 N–H and O–H groups in total. The molecule has 1 amide bonds. The number of alkyl carbamates (subject to hydrolysis) is 1. The van der Waals surface area contributed by atoms with Gasteiger partial charge in [-0.05, 0) is 24.1 Å². The molecule has 0 spiro atoms. The van der Waals surface area contributed by atoms with Crippen LogP contribution in [0.2, 0.25) is 0 Å². The van der Waals surface area contributed by atoms with Crippen LogP contribution in [0.3, 0.4) is 0 Å². The summed E-state index contributed by atoms with van der Waals surface area (Å²) < 4.78 is 5.90. The van der Waals surface area contributed by atoms with Crippen molar-refractivity contribution in [2.24, 2.45) is 0 Å². The van der Waals surface area contributed by atoms with E-state index in [0.717, 1.165) is 15.6 Å². The molecule has 1 atom stereocenters. The van der Waals surface area contributed by atoms with Gasteiger partial charge in [-0.3, -0.25) is 0 Å². The van der Waals surface area contributed by atoms with Gasteiger partial charge in [0.2, 0.25) is 0 Å². The molecule has 1 aromatic rings. The lowest BCUT2D eigenvalue weighted by atomic mass is 10.0. The zero-order valence-electron chi connectivity index (χ0n) is 7.71. The maximum absolute atomic E-state index is 10.9. The lowest BCUT2D eigenvalue weighted by Crippen LogP contribution is -2.19. The molecule has 0 bridgehead atoms. The number of hydrogen-bond donors (Lipinski definition) is 1. The largest absolute Gasteiger partial charge is 0.447 e. The van der Waals surface area contributed by atoms with Crippen LogP contribution in [0.4, 0.5) is 4.79 Å². The first kappa shape index (κ1) is 9.52. The van der Waals surface area contributed by atoms with E-state index in [-0.39, 0.29) is 12.1 Å². The van der Waals surface area contributed by atoms with Crippen LogP contribution in [0.25, 0.3) is 0 Å². The van der Waals surface area contributed by atoms with E-state index in [0.29, 0.717) is 6.61 Å². The van der Waals surface area contributed by atoms with E-state index >= 15 is 0 Å². The average Bonchev–Trinajstić information content (AvgIpc) is 2.57. The standard InChI is InChI=1S/C10H10BrNO2/c1-6-7(3-2-4-8(6)11)9-5-14-10(13)12-9/h2-4,9H,5H2,1H3,(H,12,13). The van der Waals surface area contributed by atoms with Crippen LogP contribution in [-0.2, 0) is 4.74 Å². The minimum absolute atomic E-state index is 0.0139. The molecule has 1 unspecified atom stereocenters. The fourth-order valence-electron chi connectivity index (χ4n) is 1.55. The predicted octanol–water partition coefficient (Wildman–Crippen LogP) is 2.54. The summed E-state index contributed by atoms with van der Waals surface area (Å²) in [6, 6.07) is 5.92. The summed E-state index contributed by atoms with van der Waals surface area (Å²) in [6.45, 7) is 2.43. The highest BCUT2D eigenvalue weighted by molar-refractivity contribution is 9.10. The highest BCUT2D eigenvalue weighted by atomic mass is 79.9. The molecular formula is C10H10BrNO2. The molecule has 1 saturated heterocycles. The van der Waals surface area contributed by atoms with Crippen molar-refractivity contribution in [3.05, 3.63) is 33.8 Å². The van der Waals surface area contributed by atoms with Crippen molar-refractivity contribution in [2.45, 2.75) is 13.0 Å². The molecule has 3 nitrogen and oxygen atoms in total. The van der Waals surface area contributed by atoms with Crippen molar-refractivity contribution in [3.8, 4) is 0 Å². The van der Waals surface area contributed by atoms with Gasteiger partial charge in [0.05, 0.1) is 6.04 Å². The number of nitrogens with one attached hydrogen (secondary N) is 1. The van der Waals surface area contributed by atoms with E-state index in [1.54, 1.807) is 0 Å². The van der Waals surface area contributed by atoms with E-state index in [9.17, 15) is 4.79 Å². The first-order chi connectivity index (χ1) is 6.68. The Morgan fingerprint density at radius 1 is 1.57 bits per heavy atom. The van der Waals surface area contributed by atoms with Gasteiger partial charge < -0.3 is 10.1 Å². The molecular weight excluding hydrogens is 246 g/mol. The average molecular weight is 256 g/mol. The number of cyclic esters (lactones) is 1. The fourth-order valence-corrected chi connectivity index (χ4v) is 1.94. The summed E-state index contributed by atoms with van der Waals surface area (Å²) in [6.07, 6.45) is -0.339. The van der Waals surface area contributed by atoms with Crippen molar-refractivity contribution in [2.75, 3.05) is 6.61 Å². The zero-order valence-corrected chi connectivity index (χ0v) is 9.30. The minimum atomic E-state index is -0.339. The van der Waals surface area contributed by atoms with E-state index in [2.05, 4.69) is 21.2 Å². The summed E-state index contributed by atoms with van der Waals surface area (Å²) in [5.41, 5.74) is 2.24. The third-order valence-corrected chi connectivity index (χ3v) is 3.22. The number of amides is 1. The molecule has 1 aliphatic heterocycles. The van der Waals surface area contributed by atoms with Crippen molar-refractivity contribution in [1.82, 2.24) is 5.32 Å². The molecule has 2 rings (SSSR count). The van der Waals surface area contributed by atoms with Gasteiger partial charge in [0.1, 0.15) is 6.61 Å². The van der Waals surface area contributed by atoms with Gasteiger partial charge in [-0.15, -0.1) is 0 Å². The van der Waals surface area contributed by atoms with Crippen LogP contribution in [0.5, 0.6) is 0 Å². The van der Waals surface area contributed by atoms with Gasteiger partial charge in [-0.25, -0.2) is 4.79 Å². The van der Waals surface area contributed by atoms with Crippen LogP contribution in [-0.4, -0.2) is 12.7 Å². The summed E-state index contributed by atoms with van der Waals surface area (Å²) in [5.74, 6) is 0. The van der Waals surface area contributed by atoms with Crippen molar-refractivity contribution in [3.63, 3.8) is 0 Å². The summed E-state index contributed by atoms with van der Waals surface area (Å²) in [4.78, 5) is 10.9. The fraction of sp³-hybridized carbons (Fsp3) is 0.300. The van der Waals surface area contributed by atoms with Gasteiger partial charge in [-0.2, -0.15) is 0 Å². The van der Waals surface area contributed by atoms with Crippen molar-refractivity contribution in [1.29, 1.82) is 0 Å². The SMILES string of the molecule is Cc1c(Br)cccc1C1COC(=O)N1. The van der Waals surface area contributed by atoms with Crippen LogP contribution in [0.1, 0.15) is 17.2 Å². The predicted molar refractivity (Wildman–Crippen MR) is 56.1 cm³/mol. The van der Waals surface area contributed by atoms with Gasteiger partial charge >= 0.3 is 6.09 Å². The Morgan fingerprint density at radius 2 is 2.36 bits per heavy atom. The van der Waals surface area contributed by atoms with Gasteiger partial charge in [0.15, 0.2) is 0 Å². The second-order valence-corrected chi connectivity index (χ2v) is 4.10. The summed E-state index contributed by atoms with van der Waals surface area (Å²) in [7, 11) is 0. The molecule has 1 heterocycles. The third kappa shape index (κ3) is 1.62. The number of hydrogen-bond acceptors (Lipinski definition) is 2. The number of carbonyl (C=O) groups is 1. The van der Waals surface area contributed by atoms with Gasteiger partial charge in [0.25, 0.3) is 0 Å².